The molecular formula is C15H25F2NO4. The Labute approximate surface area is 129 Å². The van der Waals surface area contributed by atoms with Crippen LogP contribution in [0.4, 0.5) is 8.78 Å². The lowest BCUT2D eigenvalue weighted by Crippen LogP contribution is -2.63. The zero-order valence-corrected chi connectivity index (χ0v) is 13.4. The fourth-order valence-electron chi connectivity index (χ4n) is 3.39. The number of amides is 1. The summed E-state index contributed by atoms with van der Waals surface area (Å²) in [5.74, 6) is -5.08. The van der Waals surface area contributed by atoms with E-state index >= 15 is 0 Å². The molecule has 1 atom stereocenters. The molecule has 0 bridgehead atoms. The number of ether oxygens (including phenoxy) is 2. The van der Waals surface area contributed by atoms with Crippen molar-refractivity contribution >= 4 is 5.91 Å². The van der Waals surface area contributed by atoms with Crippen molar-refractivity contribution in [1.82, 2.24) is 4.90 Å². The van der Waals surface area contributed by atoms with E-state index in [2.05, 4.69) is 0 Å². The van der Waals surface area contributed by atoms with E-state index in [1.54, 1.807) is 13.8 Å². The average molecular weight is 321 g/mol. The van der Waals surface area contributed by atoms with Crippen LogP contribution >= 0.6 is 0 Å². The molecule has 0 spiro atoms. The van der Waals surface area contributed by atoms with Crippen LogP contribution < -0.4 is 0 Å². The number of methoxy groups -OCH3 is 1. The minimum absolute atomic E-state index is 0.0407. The van der Waals surface area contributed by atoms with Crippen LogP contribution in [0.15, 0.2) is 0 Å². The molecule has 1 aliphatic carbocycles. The summed E-state index contributed by atoms with van der Waals surface area (Å²) in [5.41, 5.74) is -2.95. The number of alkyl halides is 2. The number of morpholine rings is 1. The van der Waals surface area contributed by atoms with Gasteiger partial charge in [-0.25, -0.2) is 0 Å². The van der Waals surface area contributed by atoms with Crippen molar-refractivity contribution in [3.8, 4) is 0 Å². The standard InChI is InChI=1S/C15H25F2NO4/c1-13(2)10-18(8-11(22-13)9-21-3)12(19)15(16,17)14(20)6-4-5-7-14/h11,20H,4-10H2,1-3H3. The van der Waals surface area contributed by atoms with Gasteiger partial charge < -0.3 is 19.5 Å². The summed E-state index contributed by atoms with van der Waals surface area (Å²) in [6.45, 7) is 3.83. The molecule has 5 nitrogen and oxygen atoms in total. The van der Waals surface area contributed by atoms with Crippen LogP contribution in [-0.4, -0.2) is 65.9 Å². The molecule has 1 aliphatic heterocycles. The van der Waals surface area contributed by atoms with Crippen molar-refractivity contribution in [2.75, 3.05) is 26.8 Å². The highest BCUT2D eigenvalue weighted by Gasteiger charge is 2.61. The van der Waals surface area contributed by atoms with Gasteiger partial charge in [-0.2, -0.15) is 8.78 Å². The van der Waals surface area contributed by atoms with Crippen LogP contribution in [0.25, 0.3) is 0 Å². The van der Waals surface area contributed by atoms with Crippen molar-refractivity contribution < 1.29 is 28.2 Å². The van der Waals surface area contributed by atoms with E-state index in [0.717, 1.165) is 4.90 Å². The van der Waals surface area contributed by atoms with Crippen LogP contribution in [0.2, 0.25) is 0 Å². The summed E-state index contributed by atoms with van der Waals surface area (Å²) in [6.07, 6.45) is 0.495. The molecule has 7 heteroatoms. The van der Waals surface area contributed by atoms with Gasteiger partial charge in [-0.15, -0.1) is 0 Å². The number of halogens is 2. The minimum atomic E-state index is -3.77. The van der Waals surface area contributed by atoms with Crippen LogP contribution in [-0.2, 0) is 14.3 Å². The maximum atomic E-state index is 14.5. The predicted octanol–water partition coefficient (Wildman–Crippen LogP) is 1.58. The third-order valence-electron chi connectivity index (χ3n) is 4.40. The Morgan fingerprint density at radius 3 is 2.55 bits per heavy atom. The lowest BCUT2D eigenvalue weighted by atomic mass is 9.91. The fourth-order valence-corrected chi connectivity index (χ4v) is 3.39. The molecule has 2 rings (SSSR count). The van der Waals surface area contributed by atoms with Gasteiger partial charge in [0.15, 0.2) is 0 Å². The average Bonchev–Trinajstić information content (AvgIpc) is 2.85. The van der Waals surface area contributed by atoms with Crippen molar-refractivity contribution in [1.29, 1.82) is 0 Å². The molecule has 1 saturated carbocycles. The molecule has 2 fully saturated rings. The Morgan fingerprint density at radius 2 is 2.00 bits per heavy atom. The SMILES string of the molecule is COCC1CN(C(=O)C(F)(F)C2(O)CCCC2)CC(C)(C)O1. The molecule has 1 unspecified atom stereocenters. The van der Waals surface area contributed by atoms with E-state index in [1.165, 1.54) is 7.11 Å². The number of aliphatic hydroxyl groups is 1. The van der Waals surface area contributed by atoms with Crippen LogP contribution in [0.5, 0.6) is 0 Å². The molecule has 22 heavy (non-hydrogen) atoms. The van der Waals surface area contributed by atoms with Gasteiger partial charge in [0, 0.05) is 20.2 Å². The van der Waals surface area contributed by atoms with Gasteiger partial charge in [0.05, 0.1) is 18.3 Å². The lowest BCUT2D eigenvalue weighted by Gasteiger charge is -2.44. The number of hydrogen-bond acceptors (Lipinski definition) is 4. The Bertz CT molecular complexity index is 422. The summed E-state index contributed by atoms with van der Waals surface area (Å²) >= 11 is 0. The predicted molar refractivity (Wildman–Crippen MR) is 75.8 cm³/mol. The molecular weight excluding hydrogens is 296 g/mol. The summed E-state index contributed by atoms with van der Waals surface area (Å²) in [6, 6.07) is 0. The largest absolute Gasteiger partial charge is 0.383 e. The topological polar surface area (TPSA) is 59.0 Å². The molecule has 0 radical (unpaired) electrons. The van der Waals surface area contributed by atoms with E-state index in [9.17, 15) is 18.7 Å². The first kappa shape index (κ1) is 17.6. The van der Waals surface area contributed by atoms with Gasteiger partial charge in [-0.05, 0) is 26.7 Å². The maximum absolute atomic E-state index is 14.5. The van der Waals surface area contributed by atoms with Gasteiger partial charge in [0.1, 0.15) is 5.60 Å². The number of rotatable bonds is 4. The highest BCUT2D eigenvalue weighted by Crippen LogP contribution is 2.43. The van der Waals surface area contributed by atoms with Gasteiger partial charge >= 0.3 is 5.92 Å². The van der Waals surface area contributed by atoms with E-state index in [0.29, 0.717) is 12.8 Å². The summed E-state index contributed by atoms with van der Waals surface area (Å²) in [4.78, 5) is 13.5. The van der Waals surface area contributed by atoms with Gasteiger partial charge in [-0.3, -0.25) is 4.79 Å². The molecule has 1 N–H and O–H groups in total. The zero-order valence-electron chi connectivity index (χ0n) is 13.4. The zero-order chi connectivity index (χ0) is 16.6. The third kappa shape index (κ3) is 3.26. The van der Waals surface area contributed by atoms with Crippen LogP contribution in [0.1, 0.15) is 39.5 Å². The molecule has 1 saturated heterocycles. The molecule has 1 heterocycles. The lowest BCUT2D eigenvalue weighted by molar-refractivity contribution is -0.214. The molecule has 0 aromatic rings. The van der Waals surface area contributed by atoms with E-state index in [-0.39, 0.29) is 32.5 Å². The van der Waals surface area contributed by atoms with Gasteiger partial charge in [-0.1, -0.05) is 12.8 Å². The minimum Gasteiger partial charge on any atom is -0.383 e. The smallest absolute Gasteiger partial charge is 0.352 e. The van der Waals surface area contributed by atoms with Crippen molar-refractivity contribution in [2.24, 2.45) is 0 Å². The second-order valence-electron chi connectivity index (χ2n) is 6.95. The Kier molecular flexibility index (Phi) is 4.80. The molecule has 1 amide bonds. The summed E-state index contributed by atoms with van der Waals surface area (Å²) < 4.78 is 39.8. The molecule has 0 aromatic heterocycles. The second kappa shape index (κ2) is 6.02. The second-order valence-corrected chi connectivity index (χ2v) is 6.95. The van der Waals surface area contributed by atoms with Crippen LogP contribution in [0.3, 0.4) is 0 Å². The Morgan fingerprint density at radius 1 is 1.41 bits per heavy atom. The number of carbonyl (C=O) groups excluding carboxylic acids is 1. The first-order chi connectivity index (χ1) is 10.1. The first-order valence-corrected chi connectivity index (χ1v) is 7.68. The number of hydrogen-bond donors (Lipinski definition) is 1. The third-order valence-corrected chi connectivity index (χ3v) is 4.40. The Hall–Kier alpha value is -0.790. The fraction of sp³-hybridized carbons (Fsp3) is 0.933. The summed E-state index contributed by atoms with van der Waals surface area (Å²) in [5, 5.41) is 10.2. The van der Waals surface area contributed by atoms with Crippen molar-refractivity contribution in [3.05, 3.63) is 0 Å². The van der Waals surface area contributed by atoms with E-state index < -0.39 is 29.1 Å². The van der Waals surface area contributed by atoms with E-state index in [4.69, 9.17) is 9.47 Å². The van der Waals surface area contributed by atoms with Crippen LogP contribution in [0, 0.1) is 0 Å². The highest BCUT2D eigenvalue weighted by atomic mass is 19.3. The monoisotopic (exact) mass is 321 g/mol. The molecule has 128 valence electrons. The normalized spacial score (nSPS) is 27.9. The van der Waals surface area contributed by atoms with Crippen molar-refractivity contribution in [2.45, 2.75) is 62.8 Å². The highest BCUT2D eigenvalue weighted by molar-refractivity contribution is 5.85. The molecule has 2 aliphatic rings. The number of nitrogens with zero attached hydrogens (tertiary/aromatic N) is 1. The van der Waals surface area contributed by atoms with E-state index in [1.807, 2.05) is 0 Å². The number of carbonyl (C=O) groups is 1. The summed E-state index contributed by atoms with van der Waals surface area (Å²) in [7, 11) is 1.49. The molecule has 0 aromatic carbocycles. The van der Waals surface area contributed by atoms with Crippen molar-refractivity contribution in [3.63, 3.8) is 0 Å². The Balaban J connectivity index is 2.16. The first-order valence-electron chi connectivity index (χ1n) is 7.68. The quantitative estimate of drug-likeness (QED) is 0.854. The van der Waals surface area contributed by atoms with Gasteiger partial charge in [0.2, 0.25) is 0 Å². The van der Waals surface area contributed by atoms with Gasteiger partial charge in [0.25, 0.3) is 5.91 Å². The maximum Gasteiger partial charge on any atom is 0.352 e.